The van der Waals surface area contributed by atoms with Gasteiger partial charge in [-0.1, -0.05) is 4.98 Å². The van der Waals surface area contributed by atoms with Crippen molar-refractivity contribution >= 4 is 32.8 Å². The van der Waals surface area contributed by atoms with Crippen molar-refractivity contribution in [3.8, 4) is 0 Å². The molecule has 0 saturated carbocycles. The number of aliphatic hydroxyl groups is 2. The van der Waals surface area contributed by atoms with Crippen molar-refractivity contribution in [3.05, 3.63) is 16.7 Å². The first-order valence-corrected chi connectivity index (χ1v) is 10.8. The van der Waals surface area contributed by atoms with Gasteiger partial charge in [0, 0.05) is 0 Å². The molecule has 1 fully saturated rings. The van der Waals surface area contributed by atoms with Crippen LogP contribution in [0.1, 0.15) is 6.23 Å². The van der Waals surface area contributed by atoms with Crippen molar-refractivity contribution in [2.45, 2.75) is 24.5 Å². The third-order valence-corrected chi connectivity index (χ3v) is 6.16. The fourth-order valence-electron chi connectivity index (χ4n) is 2.88. The molecule has 1 aliphatic rings. The van der Waals surface area contributed by atoms with Crippen molar-refractivity contribution in [1.82, 2.24) is 14.5 Å². The zero-order valence-electron chi connectivity index (χ0n) is 14.6. The second-order valence-corrected chi connectivity index (χ2v) is 8.97. The highest BCUT2D eigenvalue weighted by Gasteiger charge is 2.48. The first-order chi connectivity index (χ1) is 13.3. The fraction of sp³-hybridized carbons (Fsp3) is 0.545. The normalized spacial score (nSPS) is 27.4. The van der Waals surface area contributed by atoms with Crippen LogP contribution in [0.15, 0.2) is 11.1 Å². The highest BCUT2D eigenvalue weighted by molar-refractivity contribution is 7.60. The lowest BCUT2D eigenvalue weighted by Gasteiger charge is -2.17. The Bertz CT molecular complexity index is 1080. The highest BCUT2D eigenvalue weighted by Crippen LogP contribution is 2.57. The van der Waals surface area contributed by atoms with Crippen LogP contribution >= 0.6 is 15.6 Å². The zero-order chi connectivity index (χ0) is 21.7. The van der Waals surface area contributed by atoms with Crippen molar-refractivity contribution in [3.63, 3.8) is 0 Å². The molecule has 0 radical (unpaired) electrons. The molecular formula is C11H18N5O11P2+. The van der Waals surface area contributed by atoms with Gasteiger partial charge in [0.2, 0.25) is 11.7 Å². The molecule has 0 amide bonds. The van der Waals surface area contributed by atoms with Gasteiger partial charge in [0.25, 0.3) is 11.5 Å². The number of nitrogen functional groups attached to an aromatic ring is 1. The van der Waals surface area contributed by atoms with Gasteiger partial charge in [-0.25, -0.2) is 13.7 Å². The molecule has 16 nitrogen and oxygen atoms in total. The summed E-state index contributed by atoms with van der Waals surface area (Å²) in [4.78, 5) is 44.8. The van der Waals surface area contributed by atoms with Gasteiger partial charge in [0.15, 0.2) is 6.33 Å². The minimum absolute atomic E-state index is 0.0317. The van der Waals surface area contributed by atoms with E-state index in [0.717, 1.165) is 0 Å². The summed E-state index contributed by atoms with van der Waals surface area (Å²) in [6.45, 7) is -0.857. The van der Waals surface area contributed by atoms with Crippen LogP contribution in [0, 0.1) is 0 Å². The Labute approximate surface area is 160 Å². The van der Waals surface area contributed by atoms with Crippen LogP contribution in [0.25, 0.3) is 11.2 Å². The van der Waals surface area contributed by atoms with E-state index < -0.39 is 52.4 Å². The Morgan fingerprint density at radius 1 is 1.34 bits per heavy atom. The Balaban J connectivity index is 1.84. The molecule has 2 unspecified atom stereocenters. The number of imidazole rings is 1. The van der Waals surface area contributed by atoms with E-state index in [-0.39, 0.29) is 17.1 Å². The zero-order valence-corrected chi connectivity index (χ0v) is 16.4. The molecule has 3 heterocycles. The van der Waals surface area contributed by atoms with Crippen LogP contribution in [0.3, 0.4) is 0 Å². The third kappa shape index (κ3) is 4.57. The number of nitrogens with zero attached hydrogens (tertiary/aromatic N) is 3. The summed E-state index contributed by atoms with van der Waals surface area (Å²) in [6.07, 6.45) is -4.54. The summed E-state index contributed by atoms with van der Waals surface area (Å²) in [5.74, 6) is -0.203. The lowest BCUT2D eigenvalue weighted by atomic mass is 10.1. The van der Waals surface area contributed by atoms with E-state index >= 15 is 0 Å². The van der Waals surface area contributed by atoms with E-state index in [4.69, 9.17) is 20.3 Å². The van der Waals surface area contributed by atoms with E-state index in [0.29, 0.717) is 0 Å². The number of ether oxygens (including phenoxy) is 1. The third-order valence-electron chi connectivity index (χ3n) is 4.01. The van der Waals surface area contributed by atoms with E-state index in [1.807, 2.05) is 0 Å². The molecular weight excluding hydrogens is 440 g/mol. The average molecular weight is 458 g/mol. The van der Waals surface area contributed by atoms with Crippen molar-refractivity contribution in [2.75, 3.05) is 12.3 Å². The summed E-state index contributed by atoms with van der Waals surface area (Å²) in [6, 6.07) is 0. The van der Waals surface area contributed by atoms with E-state index in [1.54, 1.807) is 0 Å². The standard InChI is InChI=1S/C11H17N5O11P2/c1-15-3-16(8-5(15)9(19)14-11(12)13-8)10-7(18)6(17)4(26-10)2-25-29(23,24)27-28(20,21)22/h3-4,6-7,10,17-18H,2H2,1H3,(H5-,12,13,14,19,20,21,22,23,24)/p+1/t4-,6+,7?,10-/m1/s1. The summed E-state index contributed by atoms with van der Waals surface area (Å²) in [7, 11) is -8.97. The second kappa shape index (κ2) is 7.52. The van der Waals surface area contributed by atoms with Gasteiger partial charge in [-0.3, -0.25) is 18.9 Å². The van der Waals surface area contributed by atoms with Crippen LogP contribution in [0.4, 0.5) is 5.95 Å². The predicted octanol–water partition coefficient (Wildman–Crippen LogP) is -3.02. The molecule has 2 aromatic rings. The molecule has 0 spiro atoms. The topological polar surface area (TPSA) is 244 Å². The summed E-state index contributed by atoms with van der Waals surface area (Å²) in [5.41, 5.74) is 5.11. The van der Waals surface area contributed by atoms with E-state index in [9.17, 15) is 29.0 Å². The Morgan fingerprint density at radius 2 is 2.00 bits per heavy atom. The van der Waals surface area contributed by atoms with Crippen LogP contribution in [0.2, 0.25) is 0 Å². The number of nitrogens with two attached hydrogens (primary N) is 1. The molecule has 0 aliphatic carbocycles. The quantitative estimate of drug-likeness (QED) is 0.168. The van der Waals surface area contributed by atoms with Gasteiger partial charge in [0.05, 0.1) is 13.7 Å². The maximum absolute atomic E-state index is 12.1. The van der Waals surface area contributed by atoms with Gasteiger partial charge < -0.3 is 35.4 Å². The summed E-state index contributed by atoms with van der Waals surface area (Å²) < 4.78 is 38.3. The number of aromatic nitrogens is 4. The number of hydrogen-bond acceptors (Lipinski definition) is 10. The van der Waals surface area contributed by atoms with Crippen molar-refractivity contribution < 1.29 is 52.2 Å². The minimum atomic E-state index is -5.32. The second-order valence-electron chi connectivity index (χ2n) is 6.14. The van der Waals surface area contributed by atoms with Crippen LogP contribution in [-0.2, 0) is 29.7 Å². The number of phosphoric ester groups is 1. The first-order valence-electron chi connectivity index (χ1n) is 7.81. The molecule has 162 valence electrons. The molecule has 1 aliphatic heterocycles. The molecule has 0 aromatic carbocycles. The number of fused-ring (bicyclic) bond motifs is 1. The molecule has 3 rings (SSSR count). The number of nitrogens with one attached hydrogen (secondary N) is 1. The number of aromatic amines is 1. The average Bonchev–Trinajstić information content (AvgIpc) is 3.01. The molecule has 18 heteroatoms. The summed E-state index contributed by atoms with van der Waals surface area (Å²) in [5, 5.41) is 20.5. The molecule has 8 N–H and O–H groups in total. The van der Waals surface area contributed by atoms with Gasteiger partial charge >= 0.3 is 21.3 Å². The maximum Gasteiger partial charge on any atom is 0.481 e. The number of hydrogen-bond donors (Lipinski definition) is 7. The number of phosphoric acid groups is 2. The lowest BCUT2D eigenvalue weighted by molar-refractivity contribution is -0.745. The van der Waals surface area contributed by atoms with Gasteiger partial charge in [-0.05, 0) is 0 Å². The van der Waals surface area contributed by atoms with E-state index in [1.165, 1.54) is 22.5 Å². The first kappa shape index (κ1) is 22.0. The molecule has 1 saturated heterocycles. The van der Waals surface area contributed by atoms with Crippen LogP contribution in [-0.4, -0.2) is 64.3 Å². The molecule has 29 heavy (non-hydrogen) atoms. The van der Waals surface area contributed by atoms with Gasteiger partial charge in [0.1, 0.15) is 18.3 Å². The monoisotopic (exact) mass is 458 g/mol. The predicted molar refractivity (Wildman–Crippen MR) is 90.8 cm³/mol. The fourth-order valence-corrected chi connectivity index (χ4v) is 4.48. The smallest absolute Gasteiger partial charge is 0.387 e. The molecule has 5 atom stereocenters. The lowest BCUT2D eigenvalue weighted by Crippen LogP contribution is -2.46. The van der Waals surface area contributed by atoms with Crippen molar-refractivity contribution in [2.24, 2.45) is 7.05 Å². The number of aryl methyl sites for hydroxylation is 1. The Morgan fingerprint density at radius 3 is 2.62 bits per heavy atom. The van der Waals surface area contributed by atoms with Crippen LogP contribution < -0.4 is 15.9 Å². The van der Waals surface area contributed by atoms with Crippen LogP contribution in [0.5, 0.6) is 0 Å². The number of H-pyrrole nitrogens is 1. The molecule has 2 aromatic heterocycles. The Hall–Kier alpha value is -1.71. The largest absolute Gasteiger partial charge is 0.481 e. The number of aliphatic hydroxyl groups excluding tert-OH is 2. The highest BCUT2D eigenvalue weighted by atomic mass is 31.3. The van der Waals surface area contributed by atoms with E-state index in [2.05, 4.69) is 18.8 Å². The Kier molecular flexibility index (Phi) is 5.70. The molecule has 0 bridgehead atoms. The SMILES string of the molecule is Cn1c[n+]([C@@H]2O[C@H](COP(=O)(O)OP(=O)(O)O)[C@H](O)C2O)c2nc(N)[nH]c(=O)c21. The summed E-state index contributed by atoms with van der Waals surface area (Å²) >= 11 is 0. The van der Waals surface area contributed by atoms with Gasteiger partial charge in [-0.2, -0.15) is 4.31 Å². The number of anilines is 1. The van der Waals surface area contributed by atoms with Gasteiger partial charge in [-0.15, -0.1) is 0 Å². The van der Waals surface area contributed by atoms with Crippen molar-refractivity contribution in [1.29, 1.82) is 0 Å². The minimum Gasteiger partial charge on any atom is -0.387 e. The number of rotatable bonds is 6. The maximum atomic E-state index is 12.1.